The minimum atomic E-state index is -0.803. The van der Waals surface area contributed by atoms with Gasteiger partial charge in [-0.25, -0.2) is 0 Å². The van der Waals surface area contributed by atoms with Crippen molar-refractivity contribution in [2.45, 2.75) is 26.1 Å². The molecular formula is C22H21O2P. The van der Waals surface area contributed by atoms with Gasteiger partial charge in [0.05, 0.1) is 12.7 Å². The molecule has 3 aromatic rings. The van der Waals surface area contributed by atoms with Crippen LogP contribution in [0, 0.1) is 0 Å². The molecule has 0 amide bonds. The normalized spacial score (nSPS) is 16.2. The Bertz CT molecular complexity index is 822. The Morgan fingerprint density at radius 3 is 2.12 bits per heavy atom. The molecule has 1 atom stereocenters. The second-order valence-corrected chi connectivity index (χ2v) is 8.44. The van der Waals surface area contributed by atoms with E-state index in [1.54, 1.807) is 0 Å². The summed E-state index contributed by atoms with van der Waals surface area (Å²) in [5, 5.41) is 14.3. The second-order valence-electron chi connectivity index (χ2n) is 6.25. The number of ether oxygens (including phenoxy) is 1. The quantitative estimate of drug-likeness (QED) is 0.719. The molecule has 0 spiro atoms. The summed E-state index contributed by atoms with van der Waals surface area (Å²) >= 11 is 0. The number of rotatable bonds is 4. The Balaban J connectivity index is 1.89. The third-order valence-electron chi connectivity index (χ3n) is 4.66. The molecule has 1 aliphatic heterocycles. The molecule has 1 aliphatic rings. The van der Waals surface area contributed by atoms with Gasteiger partial charge in [0, 0.05) is 5.30 Å². The Kier molecular flexibility index (Phi) is 4.57. The van der Waals surface area contributed by atoms with E-state index >= 15 is 0 Å². The number of phenolic OH excluding ortho intramolecular Hbond substituents is 1. The molecule has 1 heterocycles. The lowest BCUT2D eigenvalue weighted by molar-refractivity contribution is 0.0636. The van der Waals surface area contributed by atoms with E-state index in [0.29, 0.717) is 12.4 Å². The highest BCUT2D eigenvalue weighted by Gasteiger charge is 2.27. The van der Waals surface area contributed by atoms with Crippen LogP contribution in [0.15, 0.2) is 72.8 Å². The fourth-order valence-corrected chi connectivity index (χ4v) is 5.80. The molecule has 3 heteroatoms. The predicted octanol–water partition coefficient (Wildman–Crippen LogP) is 4.13. The van der Waals surface area contributed by atoms with Crippen LogP contribution in [0.3, 0.4) is 0 Å². The van der Waals surface area contributed by atoms with Gasteiger partial charge in [0.1, 0.15) is 5.75 Å². The van der Waals surface area contributed by atoms with Crippen molar-refractivity contribution in [3.63, 3.8) is 0 Å². The molecule has 3 aromatic carbocycles. The smallest absolute Gasteiger partial charge is 0.124 e. The van der Waals surface area contributed by atoms with Crippen LogP contribution in [0.1, 0.15) is 30.6 Å². The van der Waals surface area contributed by atoms with Crippen LogP contribution in [-0.2, 0) is 11.3 Å². The number of aromatic hydroxyl groups is 1. The van der Waals surface area contributed by atoms with Gasteiger partial charge < -0.3 is 9.84 Å². The molecule has 126 valence electrons. The minimum Gasteiger partial charge on any atom is -0.507 e. The number of phenols is 1. The van der Waals surface area contributed by atoms with Gasteiger partial charge in [0.25, 0.3) is 0 Å². The van der Waals surface area contributed by atoms with Gasteiger partial charge in [-0.15, -0.1) is 0 Å². The third-order valence-corrected chi connectivity index (χ3v) is 7.13. The van der Waals surface area contributed by atoms with Crippen LogP contribution >= 0.6 is 7.92 Å². The van der Waals surface area contributed by atoms with Gasteiger partial charge >= 0.3 is 0 Å². The maximum Gasteiger partial charge on any atom is 0.124 e. The van der Waals surface area contributed by atoms with Crippen molar-refractivity contribution in [2.75, 3.05) is 0 Å². The summed E-state index contributed by atoms with van der Waals surface area (Å²) in [6, 6.07) is 25.0. The first-order valence-corrected chi connectivity index (χ1v) is 9.99. The standard InChI is InChI=1S/C22H21O2P/c1-2-21-19-14-22(20(23)13-16(19)15-24-21)25(17-9-5-3-6-10-17)18-11-7-4-8-12-18/h3-14,21,23H,2,15H2,1H3. The molecule has 0 fully saturated rings. The van der Waals surface area contributed by atoms with Gasteiger partial charge in [-0.05, 0) is 48.2 Å². The summed E-state index contributed by atoms with van der Waals surface area (Å²) in [5.41, 5.74) is 2.35. The van der Waals surface area contributed by atoms with Gasteiger partial charge in [-0.3, -0.25) is 0 Å². The van der Waals surface area contributed by atoms with Crippen LogP contribution in [0.4, 0.5) is 0 Å². The largest absolute Gasteiger partial charge is 0.507 e. The lowest BCUT2D eigenvalue weighted by Crippen LogP contribution is -2.21. The van der Waals surface area contributed by atoms with Crippen LogP contribution in [0.2, 0.25) is 0 Å². The minimum absolute atomic E-state index is 0.137. The van der Waals surface area contributed by atoms with Crippen LogP contribution in [0.25, 0.3) is 0 Å². The molecule has 1 unspecified atom stereocenters. The molecule has 1 N–H and O–H groups in total. The van der Waals surface area contributed by atoms with Crippen molar-refractivity contribution in [1.29, 1.82) is 0 Å². The van der Waals surface area contributed by atoms with Crippen LogP contribution < -0.4 is 15.9 Å². The van der Waals surface area contributed by atoms with Crippen molar-refractivity contribution >= 4 is 23.8 Å². The number of fused-ring (bicyclic) bond motifs is 1. The molecule has 0 radical (unpaired) electrons. The maximum atomic E-state index is 10.8. The highest BCUT2D eigenvalue weighted by molar-refractivity contribution is 7.80. The SMILES string of the molecule is CCC1OCc2cc(O)c(P(c3ccccc3)c3ccccc3)cc21. The summed E-state index contributed by atoms with van der Waals surface area (Å²) in [7, 11) is -0.803. The fraction of sp³-hybridized carbons (Fsp3) is 0.182. The summed E-state index contributed by atoms with van der Waals surface area (Å²) < 4.78 is 5.87. The average molecular weight is 348 g/mol. The summed E-state index contributed by atoms with van der Waals surface area (Å²) in [5.74, 6) is 0.373. The Morgan fingerprint density at radius 1 is 0.960 bits per heavy atom. The number of hydrogen-bond donors (Lipinski definition) is 1. The van der Waals surface area contributed by atoms with E-state index in [-0.39, 0.29) is 6.10 Å². The van der Waals surface area contributed by atoms with Crippen LogP contribution in [0.5, 0.6) is 5.75 Å². The van der Waals surface area contributed by atoms with E-state index in [0.717, 1.165) is 17.3 Å². The van der Waals surface area contributed by atoms with Crippen molar-refractivity contribution in [2.24, 2.45) is 0 Å². The van der Waals surface area contributed by atoms with E-state index in [1.165, 1.54) is 16.2 Å². The monoisotopic (exact) mass is 348 g/mol. The van der Waals surface area contributed by atoms with E-state index in [9.17, 15) is 5.11 Å². The topological polar surface area (TPSA) is 29.5 Å². The molecule has 0 aromatic heterocycles. The molecule has 0 saturated carbocycles. The predicted molar refractivity (Wildman–Crippen MR) is 105 cm³/mol. The van der Waals surface area contributed by atoms with Crippen molar-refractivity contribution in [1.82, 2.24) is 0 Å². The summed E-state index contributed by atoms with van der Waals surface area (Å²) in [4.78, 5) is 0. The van der Waals surface area contributed by atoms with Crippen LogP contribution in [-0.4, -0.2) is 5.11 Å². The van der Waals surface area contributed by atoms with Crippen molar-refractivity contribution in [3.8, 4) is 5.75 Å². The van der Waals surface area contributed by atoms with Crippen molar-refractivity contribution in [3.05, 3.63) is 83.9 Å². The second kappa shape index (κ2) is 7.00. The van der Waals surface area contributed by atoms with Crippen molar-refractivity contribution < 1.29 is 9.84 Å². The highest BCUT2D eigenvalue weighted by Crippen LogP contribution is 2.41. The molecule has 0 bridgehead atoms. The Morgan fingerprint density at radius 2 is 1.56 bits per heavy atom. The first-order valence-electron chi connectivity index (χ1n) is 8.65. The molecule has 0 aliphatic carbocycles. The maximum absolute atomic E-state index is 10.8. The van der Waals surface area contributed by atoms with Gasteiger partial charge in [-0.2, -0.15) is 0 Å². The van der Waals surface area contributed by atoms with Gasteiger partial charge in [0.2, 0.25) is 0 Å². The average Bonchev–Trinajstić information content (AvgIpc) is 3.06. The summed E-state index contributed by atoms with van der Waals surface area (Å²) in [6.07, 6.45) is 1.09. The van der Waals surface area contributed by atoms with E-state index in [4.69, 9.17) is 4.74 Å². The zero-order chi connectivity index (χ0) is 17.2. The van der Waals surface area contributed by atoms with E-state index in [1.807, 2.05) is 18.2 Å². The Labute approximate surface area is 149 Å². The first-order chi connectivity index (χ1) is 12.3. The fourth-order valence-electron chi connectivity index (χ4n) is 3.44. The third kappa shape index (κ3) is 3.08. The lowest BCUT2D eigenvalue weighted by Gasteiger charge is -2.21. The number of benzene rings is 3. The molecule has 4 rings (SSSR count). The van der Waals surface area contributed by atoms with E-state index in [2.05, 4.69) is 61.5 Å². The Hall–Kier alpha value is -2.15. The number of hydrogen-bond acceptors (Lipinski definition) is 2. The van der Waals surface area contributed by atoms with Gasteiger partial charge in [0.15, 0.2) is 0 Å². The molecule has 25 heavy (non-hydrogen) atoms. The molecule has 0 saturated heterocycles. The molecule has 2 nitrogen and oxygen atoms in total. The lowest BCUT2D eigenvalue weighted by atomic mass is 10.0. The highest BCUT2D eigenvalue weighted by atomic mass is 31.1. The molecular weight excluding hydrogens is 327 g/mol. The first kappa shape index (κ1) is 16.3. The summed E-state index contributed by atoms with van der Waals surface area (Å²) in [6.45, 7) is 2.74. The van der Waals surface area contributed by atoms with Gasteiger partial charge in [-0.1, -0.05) is 67.6 Å². The zero-order valence-corrected chi connectivity index (χ0v) is 15.1. The van der Waals surface area contributed by atoms with E-state index < -0.39 is 7.92 Å². The zero-order valence-electron chi connectivity index (χ0n) is 14.2.